The number of aromatic nitrogens is 1. The number of rotatable bonds is 8. The van der Waals surface area contributed by atoms with Crippen LogP contribution < -0.4 is 5.32 Å². The summed E-state index contributed by atoms with van der Waals surface area (Å²) in [6.45, 7) is 3.17. The number of ether oxygens (including phenoxy) is 1. The zero-order chi connectivity index (χ0) is 18.2. The number of carbonyl (C=O) groups excluding carboxylic acids is 1. The molecular weight excluding hydrogens is 328 g/mol. The van der Waals surface area contributed by atoms with E-state index in [1.165, 1.54) is 6.08 Å². The number of carbonyl (C=O) groups is 1. The van der Waals surface area contributed by atoms with Crippen molar-refractivity contribution in [2.75, 3.05) is 13.2 Å². The first-order chi connectivity index (χ1) is 12.7. The maximum absolute atomic E-state index is 11.8. The lowest BCUT2D eigenvalue weighted by atomic mass is 10.1. The number of para-hydroxylation sites is 2. The van der Waals surface area contributed by atoms with E-state index >= 15 is 0 Å². The molecular formula is C21H22N2O3. The van der Waals surface area contributed by atoms with Gasteiger partial charge in [-0.3, -0.25) is 4.79 Å². The van der Waals surface area contributed by atoms with Crippen molar-refractivity contribution in [1.82, 2.24) is 10.3 Å². The van der Waals surface area contributed by atoms with E-state index < -0.39 is 0 Å². The Morgan fingerprint density at radius 3 is 2.77 bits per heavy atom. The molecule has 1 heterocycles. The monoisotopic (exact) mass is 350 g/mol. The molecule has 0 bridgehead atoms. The maximum atomic E-state index is 11.8. The molecule has 1 aromatic heterocycles. The van der Waals surface area contributed by atoms with Crippen LogP contribution in [0.15, 0.2) is 65.1 Å². The highest BCUT2D eigenvalue weighted by Crippen LogP contribution is 2.16. The van der Waals surface area contributed by atoms with Crippen molar-refractivity contribution in [1.29, 1.82) is 0 Å². The van der Waals surface area contributed by atoms with E-state index in [-0.39, 0.29) is 12.0 Å². The quantitative estimate of drug-likeness (QED) is 0.490. The first-order valence-electron chi connectivity index (χ1n) is 8.70. The van der Waals surface area contributed by atoms with Crippen molar-refractivity contribution in [3.63, 3.8) is 0 Å². The van der Waals surface area contributed by atoms with E-state index in [1.54, 1.807) is 6.08 Å². The molecule has 5 nitrogen and oxygen atoms in total. The molecule has 26 heavy (non-hydrogen) atoms. The van der Waals surface area contributed by atoms with Gasteiger partial charge in [0.25, 0.3) is 0 Å². The summed E-state index contributed by atoms with van der Waals surface area (Å²) < 4.78 is 11.3. The van der Waals surface area contributed by atoms with Crippen molar-refractivity contribution >= 4 is 23.1 Å². The van der Waals surface area contributed by atoms with E-state index in [1.807, 2.05) is 61.5 Å². The minimum Gasteiger partial charge on any atom is -0.437 e. The van der Waals surface area contributed by atoms with Crippen LogP contribution in [-0.2, 0) is 9.53 Å². The highest BCUT2D eigenvalue weighted by atomic mass is 16.5. The third-order valence-electron chi connectivity index (χ3n) is 3.94. The number of nitrogens with one attached hydrogen (secondary N) is 1. The zero-order valence-electron chi connectivity index (χ0n) is 14.7. The molecule has 5 heteroatoms. The Bertz CT molecular complexity index is 838. The van der Waals surface area contributed by atoms with E-state index in [9.17, 15) is 4.79 Å². The Kier molecular flexibility index (Phi) is 6.17. The second-order valence-electron chi connectivity index (χ2n) is 5.92. The Morgan fingerprint density at radius 1 is 1.19 bits per heavy atom. The highest BCUT2D eigenvalue weighted by molar-refractivity contribution is 5.91. The number of nitrogens with zero attached hydrogens (tertiary/aromatic N) is 1. The largest absolute Gasteiger partial charge is 0.437 e. The van der Waals surface area contributed by atoms with E-state index in [2.05, 4.69) is 10.3 Å². The second kappa shape index (κ2) is 8.97. The van der Waals surface area contributed by atoms with Gasteiger partial charge in [0.2, 0.25) is 11.8 Å². The second-order valence-corrected chi connectivity index (χ2v) is 5.92. The van der Waals surface area contributed by atoms with Crippen LogP contribution in [0.2, 0.25) is 0 Å². The summed E-state index contributed by atoms with van der Waals surface area (Å²) in [6.07, 6.45) is 3.80. The molecule has 0 radical (unpaired) electrons. The van der Waals surface area contributed by atoms with Gasteiger partial charge >= 0.3 is 0 Å². The summed E-state index contributed by atoms with van der Waals surface area (Å²) in [4.78, 5) is 16.1. The number of amides is 1. The fraction of sp³-hybridized carbons (Fsp3) is 0.238. The smallest absolute Gasteiger partial charge is 0.244 e. The number of fused-ring (bicyclic) bond motifs is 1. The number of hydrogen-bond acceptors (Lipinski definition) is 4. The molecule has 1 amide bonds. The maximum Gasteiger partial charge on any atom is 0.244 e. The van der Waals surface area contributed by atoms with Crippen LogP contribution in [0.3, 0.4) is 0 Å². The summed E-state index contributed by atoms with van der Waals surface area (Å²) in [5.74, 6) is 0.240. The summed E-state index contributed by atoms with van der Waals surface area (Å²) in [5.41, 5.74) is 2.63. The van der Waals surface area contributed by atoms with E-state index in [0.717, 1.165) is 17.5 Å². The van der Waals surface area contributed by atoms with E-state index in [4.69, 9.17) is 9.15 Å². The van der Waals surface area contributed by atoms with Crippen molar-refractivity contribution < 1.29 is 13.9 Å². The molecule has 0 spiro atoms. The summed E-state index contributed by atoms with van der Waals surface area (Å²) in [5, 5.41) is 2.82. The lowest BCUT2D eigenvalue weighted by molar-refractivity contribution is -0.116. The topological polar surface area (TPSA) is 64.4 Å². The molecule has 0 saturated heterocycles. The number of oxazole rings is 1. The Balaban J connectivity index is 1.36. The fourth-order valence-corrected chi connectivity index (χ4v) is 2.53. The Hall–Kier alpha value is -2.92. The summed E-state index contributed by atoms with van der Waals surface area (Å²) in [7, 11) is 0. The summed E-state index contributed by atoms with van der Waals surface area (Å²) in [6, 6.07) is 17.6. The van der Waals surface area contributed by atoms with Crippen LogP contribution in [0, 0.1) is 0 Å². The van der Waals surface area contributed by atoms with Crippen LogP contribution in [0.5, 0.6) is 0 Å². The highest BCUT2D eigenvalue weighted by Gasteiger charge is 2.05. The van der Waals surface area contributed by atoms with Crippen molar-refractivity contribution in [2.24, 2.45) is 0 Å². The summed E-state index contributed by atoms with van der Waals surface area (Å²) >= 11 is 0. The van der Waals surface area contributed by atoms with Crippen molar-refractivity contribution in [3.8, 4) is 0 Å². The first kappa shape index (κ1) is 17.9. The van der Waals surface area contributed by atoms with Crippen LogP contribution in [0.4, 0.5) is 0 Å². The third kappa shape index (κ3) is 5.04. The van der Waals surface area contributed by atoms with Crippen LogP contribution in [0.25, 0.3) is 17.2 Å². The molecule has 134 valence electrons. The molecule has 1 unspecified atom stereocenters. The molecule has 0 saturated carbocycles. The van der Waals surface area contributed by atoms with E-state index in [0.29, 0.717) is 24.6 Å². The fourth-order valence-electron chi connectivity index (χ4n) is 2.53. The predicted octanol–water partition coefficient (Wildman–Crippen LogP) is 4.13. The van der Waals surface area contributed by atoms with Crippen LogP contribution in [-0.4, -0.2) is 24.0 Å². The van der Waals surface area contributed by atoms with Gasteiger partial charge < -0.3 is 14.5 Å². The van der Waals surface area contributed by atoms with Gasteiger partial charge in [0.05, 0.1) is 6.10 Å². The van der Waals surface area contributed by atoms with Gasteiger partial charge in [-0.05, 0) is 31.0 Å². The molecule has 0 aliphatic heterocycles. The minimum absolute atomic E-state index is 0.0472. The lowest BCUT2D eigenvalue weighted by Crippen LogP contribution is -2.23. The molecule has 1 N–H and O–H groups in total. The Morgan fingerprint density at radius 2 is 1.96 bits per heavy atom. The van der Waals surface area contributed by atoms with Crippen molar-refractivity contribution in [3.05, 3.63) is 72.1 Å². The van der Waals surface area contributed by atoms with Gasteiger partial charge in [-0.15, -0.1) is 0 Å². The van der Waals surface area contributed by atoms with Gasteiger partial charge in [-0.25, -0.2) is 4.98 Å². The standard InChI is InChI=1S/C21H22N2O3/c1-16(17-8-3-2-4-9-17)25-15-7-14-22-20(24)12-13-21-23-18-10-5-6-11-19(18)26-21/h2-6,8-13,16H,7,14-15H2,1H3,(H,22,24)/b13-12+. The SMILES string of the molecule is CC(OCCCNC(=O)/C=C/c1nc2ccccc2o1)c1ccccc1. The van der Waals surface area contributed by atoms with Crippen LogP contribution in [0.1, 0.15) is 30.9 Å². The van der Waals surface area contributed by atoms with Gasteiger partial charge in [0, 0.05) is 25.3 Å². The van der Waals surface area contributed by atoms with Gasteiger partial charge in [-0.2, -0.15) is 0 Å². The average Bonchev–Trinajstić information content (AvgIpc) is 3.09. The Labute approximate surface area is 152 Å². The third-order valence-corrected chi connectivity index (χ3v) is 3.94. The number of hydrogen-bond donors (Lipinski definition) is 1. The molecule has 2 aromatic carbocycles. The minimum atomic E-state index is -0.177. The van der Waals surface area contributed by atoms with Gasteiger partial charge in [0.1, 0.15) is 5.52 Å². The lowest BCUT2D eigenvalue weighted by Gasteiger charge is -2.13. The average molecular weight is 350 g/mol. The van der Waals surface area contributed by atoms with Crippen LogP contribution >= 0.6 is 0 Å². The normalized spacial score (nSPS) is 12.5. The van der Waals surface area contributed by atoms with Gasteiger partial charge in [-0.1, -0.05) is 42.5 Å². The number of benzene rings is 2. The predicted molar refractivity (Wildman–Crippen MR) is 101 cm³/mol. The molecule has 0 fully saturated rings. The zero-order valence-corrected chi connectivity index (χ0v) is 14.7. The molecule has 3 rings (SSSR count). The molecule has 0 aliphatic rings. The molecule has 3 aromatic rings. The van der Waals surface area contributed by atoms with Crippen molar-refractivity contribution in [2.45, 2.75) is 19.4 Å². The molecule has 1 atom stereocenters. The first-order valence-corrected chi connectivity index (χ1v) is 8.70. The molecule has 0 aliphatic carbocycles. The van der Waals surface area contributed by atoms with Gasteiger partial charge in [0.15, 0.2) is 5.58 Å².